The molecule has 0 atom stereocenters. The van der Waals surface area contributed by atoms with Gasteiger partial charge in [-0.05, 0) is 87.6 Å². The van der Waals surface area contributed by atoms with Crippen LogP contribution in [-0.2, 0) is 9.53 Å². The lowest BCUT2D eigenvalue weighted by Gasteiger charge is -2.41. The zero-order valence-corrected chi connectivity index (χ0v) is 20.6. The third-order valence-electron chi connectivity index (χ3n) is 8.07. The number of carbonyl (C=O) groups excluding carboxylic acids is 1. The number of allylic oxidation sites excluding steroid dienone is 2. The van der Waals surface area contributed by atoms with Crippen molar-refractivity contribution in [2.75, 3.05) is 24.5 Å². The van der Waals surface area contributed by atoms with Gasteiger partial charge in [0.1, 0.15) is 5.82 Å². The molecule has 1 aromatic heterocycles. The van der Waals surface area contributed by atoms with E-state index in [2.05, 4.69) is 16.8 Å². The van der Waals surface area contributed by atoms with Gasteiger partial charge in [0.05, 0.1) is 6.26 Å². The van der Waals surface area contributed by atoms with Crippen molar-refractivity contribution < 1.29 is 9.53 Å². The highest BCUT2D eigenvalue weighted by Gasteiger charge is 2.34. The molecule has 1 saturated carbocycles. The summed E-state index contributed by atoms with van der Waals surface area (Å²) < 4.78 is 5.68. The zero-order valence-electron chi connectivity index (χ0n) is 20.6. The zero-order chi connectivity index (χ0) is 23.1. The molecule has 1 saturated heterocycles. The van der Waals surface area contributed by atoms with E-state index in [0.29, 0.717) is 11.2 Å². The molecule has 1 amide bonds. The van der Waals surface area contributed by atoms with Crippen molar-refractivity contribution in [3.8, 4) is 0 Å². The van der Waals surface area contributed by atoms with Gasteiger partial charge in [0.25, 0.3) is 5.91 Å². The number of amides is 1. The number of rotatable bonds is 7. The molecular weight excluding hydrogens is 410 g/mol. The van der Waals surface area contributed by atoms with Crippen molar-refractivity contribution in [1.29, 1.82) is 0 Å². The molecule has 5 nitrogen and oxygen atoms in total. The van der Waals surface area contributed by atoms with Gasteiger partial charge in [-0.3, -0.25) is 9.69 Å². The van der Waals surface area contributed by atoms with E-state index in [0.717, 1.165) is 50.2 Å². The quantitative estimate of drug-likeness (QED) is 0.499. The average Bonchev–Trinajstić information content (AvgIpc) is 3.15. The first-order valence-electron chi connectivity index (χ1n) is 13.1. The van der Waals surface area contributed by atoms with Crippen molar-refractivity contribution >= 4 is 11.7 Å². The molecule has 0 aromatic carbocycles. The summed E-state index contributed by atoms with van der Waals surface area (Å²) in [5.41, 5.74) is 1.67. The van der Waals surface area contributed by atoms with Crippen molar-refractivity contribution in [3.63, 3.8) is 0 Å². The van der Waals surface area contributed by atoms with Crippen LogP contribution < -0.4 is 4.90 Å². The van der Waals surface area contributed by atoms with E-state index in [-0.39, 0.29) is 11.9 Å². The van der Waals surface area contributed by atoms with E-state index < -0.39 is 0 Å². The number of hydrogen-bond acceptors (Lipinski definition) is 4. The molecule has 3 heterocycles. The fourth-order valence-electron chi connectivity index (χ4n) is 5.74. The van der Waals surface area contributed by atoms with Crippen LogP contribution in [0.4, 0.5) is 5.82 Å². The molecular formula is C28H41N3O2. The van der Waals surface area contributed by atoms with Crippen LogP contribution in [0.2, 0.25) is 0 Å². The Labute approximate surface area is 199 Å². The number of piperidine rings is 1. The largest absolute Gasteiger partial charge is 0.460 e. The Morgan fingerprint density at radius 1 is 1.18 bits per heavy atom. The summed E-state index contributed by atoms with van der Waals surface area (Å²) in [7, 11) is 0. The summed E-state index contributed by atoms with van der Waals surface area (Å²) in [5, 5.41) is 0. The van der Waals surface area contributed by atoms with Gasteiger partial charge >= 0.3 is 0 Å². The molecule has 2 fully saturated rings. The number of aryl methyl sites for hydroxylation is 1. The smallest absolute Gasteiger partial charge is 0.295 e. The maximum absolute atomic E-state index is 13.6. The number of carbonyl (C=O) groups is 1. The molecule has 0 N–H and O–H groups in total. The Kier molecular flexibility index (Phi) is 8.24. The number of aromatic nitrogens is 1. The van der Waals surface area contributed by atoms with Gasteiger partial charge in [-0.15, -0.1) is 0 Å². The number of nitrogens with zero attached hydrogens (tertiary/aromatic N) is 3. The van der Waals surface area contributed by atoms with Crippen LogP contribution in [0.1, 0.15) is 83.1 Å². The average molecular weight is 452 g/mol. The fraction of sp³-hybridized carbons (Fsp3) is 0.643. The highest BCUT2D eigenvalue weighted by atomic mass is 16.5. The Hall–Kier alpha value is -2.14. The molecule has 0 radical (unpaired) electrons. The van der Waals surface area contributed by atoms with Crippen molar-refractivity contribution in [2.24, 2.45) is 5.41 Å². The Morgan fingerprint density at radius 3 is 2.67 bits per heavy atom. The van der Waals surface area contributed by atoms with E-state index in [4.69, 9.17) is 4.74 Å². The molecule has 2 aliphatic heterocycles. The third kappa shape index (κ3) is 6.06. The van der Waals surface area contributed by atoms with Crippen LogP contribution in [0, 0.1) is 12.3 Å². The highest BCUT2D eigenvalue weighted by Crippen LogP contribution is 2.42. The second-order valence-electron chi connectivity index (χ2n) is 10.2. The van der Waals surface area contributed by atoms with Crippen LogP contribution in [0.5, 0.6) is 0 Å². The first kappa shape index (κ1) is 24.0. The molecule has 3 aliphatic rings. The van der Waals surface area contributed by atoms with Gasteiger partial charge < -0.3 is 9.64 Å². The van der Waals surface area contributed by atoms with E-state index >= 15 is 0 Å². The Bertz CT molecular complexity index is 831. The predicted molar refractivity (Wildman–Crippen MR) is 134 cm³/mol. The van der Waals surface area contributed by atoms with Gasteiger partial charge in [0.2, 0.25) is 0 Å². The summed E-state index contributed by atoms with van der Waals surface area (Å²) in [6.45, 7) is 7.68. The van der Waals surface area contributed by atoms with Gasteiger partial charge in [-0.25, -0.2) is 4.98 Å². The fourth-order valence-corrected chi connectivity index (χ4v) is 5.74. The third-order valence-corrected chi connectivity index (χ3v) is 8.07. The number of likely N-dealkylation sites (tertiary alicyclic amines) is 1. The lowest BCUT2D eigenvalue weighted by atomic mass is 9.70. The Balaban J connectivity index is 1.42. The summed E-state index contributed by atoms with van der Waals surface area (Å²) in [6.07, 6.45) is 20.7. The van der Waals surface area contributed by atoms with Gasteiger partial charge in [-0.1, -0.05) is 38.7 Å². The topological polar surface area (TPSA) is 45.7 Å². The normalized spacial score (nSPS) is 21.7. The van der Waals surface area contributed by atoms with Crippen molar-refractivity contribution in [3.05, 3.63) is 48.1 Å². The molecule has 180 valence electrons. The SMILES string of the molecule is CCC1(CCN2CCC(N(C(=O)C3=CCCC=CO3)c3ccc(C)cn3)CC2)CCCCC1. The van der Waals surface area contributed by atoms with Crippen LogP contribution in [-0.4, -0.2) is 41.5 Å². The van der Waals surface area contributed by atoms with Crippen LogP contribution in [0.3, 0.4) is 0 Å². The standard InChI is InChI=1S/C28H41N3O2/c1-3-28(15-7-5-8-16-28)17-20-30-18-13-24(14-19-30)31(26-12-11-23(2)22-29-26)27(32)25-10-6-4-9-21-33-25/h9-12,21-22,24H,3-8,13-20H2,1-2H3. The van der Waals surface area contributed by atoms with Gasteiger partial charge in [0.15, 0.2) is 5.76 Å². The molecule has 4 rings (SSSR count). The summed E-state index contributed by atoms with van der Waals surface area (Å²) >= 11 is 0. The molecule has 1 aliphatic carbocycles. The van der Waals surface area contributed by atoms with Crippen molar-refractivity contribution in [2.45, 2.75) is 90.5 Å². The summed E-state index contributed by atoms with van der Waals surface area (Å²) in [6, 6.07) is 4.16. The van der Waals surface area contributed by atoms with Crippen LogP contribution >= 0.6 is 0 Å². The van der Waals surface area contributed by atoms with E-state index in [1.54, 1.807) is 6.26 Å². The second kappa shape index (κ2) is 11.3. The lowest BCUT2D eigenvalue weighted by Crippen LogP contribution is -2.49. The van der Waals surface area contributed by atoms with Crippen molar-refractivity contribution in [1.82, 2.24) is 9.88 Å². The minimum Gasteiger partial charge on any atom is -0.460 e. The first-order valence-corrected chi connectivity index (χ1v) is 13.1. The summed E-state index contributed by atoms with van der Waals surface area (Å²) in [5.74, 6) is 1.09. The number of anilines is 1. The Morgan fingerprint density at radius 2 is 1.97 bits per heavy atom. The molecule has 33 heavy (non-hydrogen) atoms. The number of pyridine rings is 1. The van der Waals surface area contributed by atoms with E-state index in [9.17, 15) is 4.79 Å². The van der Waals surface area contributed by atoms with Crippen LogP contribution in [0.25, 0.3) is 0 Å². The second-order valence-corrected chi connectivity index (χ2v) is 10.2. The minimum absolute atomic E-state index is 0.0662. The highest BCUT2D eigenvalue weighted by molar-refractivity contribution is 6.04. The number of ether oxygens (including phenoxy) is 1. The maximum atomic E-state index is 13.6. The summed E-state index contributed by atoms with van der Waals surface area (Å²) in [4.78, 5) is 22.7. The predicted octanol–water partition coefficient (Wildman–Crippen LogP) is 6.15. The number of hydrogen-bond donors (Lipinski definition) is 0. The first-order chi connectivity index (χ1) is 16.1. The van der Waals surface area contributed by atoms with Crippen LogP contribution in [0.15, 0.2) is 42.5 Å². The lowest BCUT2D eigenvalue weighted by molar-refractivity contribution is -0.118. The van der Waals surface area contributed by atoms with Gasteiger partial charge in [0, 0.05) is 25.3 Å². The molecule has 1 aromatic rings. The maximum Gasteiger partial charge on any atom is 0.295 e. The van der Waals surface area contributed by atoms with Gasteiger partial charge in [-0.2, -0.15) is 0 Å². The molecule has 0 spiro atoms. The molecule has 0 bridgehead atoms. The minimum atomic E-state index is -0.0662. The monoisotopic (exact) mass is 451 g/mol. The van der Waals surface area contributed by atoms with E-state index in [1.165, 1.54) is 51.5 Å². The molecule has 5 heteroatoms. The van der Waals surface area contributed by atoms with E-state index in [1.807, 2.05) is 42.3 Å². The molecule has 0 unspecified atom stereocenters.